The second-order valence-corrected chi connectivity index (χ2v) is 12.6. The van der Waals surface area contributed by atoms with Gasteiger partial charge in [-0.3, -0.25) is 0 Å². The molecule has 0 radical (unpaired) electrons. The third-order valence-electron chi connectivity index (χ3n) is 6.29. The molecule has 8 heteroatoms. The van der Waals surface area contributed by atoms with Gasteiger partial charge in [0, 0.05) is 11.9 Å². The summed E-state index contributed by atoms with van der Waals surface area (Å²) in [4.78, 5) is 20.7. The summed E-state index contributed by atoms with van der Waals surface area (Å²) in [7, 11) is -3.28. The van der Waals surface area contributed by atoms with Crippen LogP contribution in [0.3, 0.4) is 0 Å². The van der Waals surface area contributed by atoms with E-state index in [2.05, 4.69) is 25.5 Å². The molecule has 1 N–H and O–H groups in total. The molecule has 0 amide bonds. The summed E-state index contributed by atoms with van der Waals surface area (Å²) in [6.45, 7) is 7.07. The van der Waals surface area contributed by atoms with Gasteiger partial charge in [0.05, 0.1) is 19.8 Å². The van der Waals surface area contributed by atoms with Crippen LogP contribution in [0.5, 0.6) is 0 Å². The van der Waals surface area contributed by atoms with E-state index in [-0.39, 0.29) is 12.7 Å². The summed E-state index contributed by atoms with van der Waals surface area (Å²) >= 11 is 2.04. The SMILES string of the molecule is CCCCCCCCCCCCSC(CCCCCCC)C(C)OCCCOP(=O)(O)C(=O)OC. The Morgan fingerprint density at radius 1 is 0.800 bits per heavy atom. The van der Waals surface area contributed by atoms with Crippen LogP contribution >= 0.6 is 19.4 Å². The lowest BCUT2D eigenvalue weighted by molar-refractivity contribution is 0.0536. The van der Waals surface area contributed by atoms with Crippen molar-refractivity contribution in [1.82, 2.24) is 0 Å². The van der Waals surface area contributed by atoms with Crippen LogP contribution in [0.25, 0.3) is 0 Å². The molecule has 0 aromatic carbocycles. The number of hydrogen-bond donors (Lipinski definition) is 1. The van der Waals surface area contributed by atoms with Crippen molar-refractivity contribution in [2.75, 3.05) is 26.1 Å². The molecule has 3 unspecified atom stereocenters. The molecule has 35 heavy (non-hydrogen) atoms. The first-order valence-electron chi connectivity index (χ1n) is 14.2. The van der Waals surface area contributed by atoms with Gasteiger partial charge in [-0.05, 0) is 31.9 Å². The van der Waals surface area contributed by atoms with Crippen molar-refractivity contribution < 1.29 is 28.3 Å². The van der Waals surface area contributed by atoms with Crippen LogP contribution < -0.4 is 0 Å². The molecule has 0 saturated heterocycles. The van der Waals surface area contributed by atoms with Gasteiger partial charge in [0.2, 0.25) is 0 Å². The number of hydrogen-bond acceptors (Lipinski definition) is 6. The molecule has 210 valence electrons. The van der Waals surface area contributed by atoms with E-state index in [1.54, 1.807) is 0 Å². The summed E-state index contributed by atoms with van der Waals surface area (Å²) in [6, 6.07) is 0. The van der Waals surface area contributed by atoms with E-state index in [0.717, 1.165) is 13.5 Å². The maximum atomic E-state index is 11.6. The minimum atomic E-state index is -4.35. The minimum Gasteiger partial charge on any atom is -0.460 e. The number of rotatable bonds is 26. The Balaban J connectivity index is 4.15. The lowest BCUT2D eigenvalue weighted by Gasteiger charge is -2.24. The second-order valence-electron chi connectivity index (χ2n) is 9.55. The van der Waals surface area contributed by atoms with Crippen LogP contribution in [-0.2, 0) is 18.6 Å². The van der Waals surface area contributed by atoms with E-state index in [1.807, 2.05) is 11.8 Å². The van der Waals surface area contributed by atoms with E-state index in [0.29, 0.717) is 18.3 Å². The second kappa shape index (κ2) is 24.3. The molecule has 0 aromatic heterocycles. The maximum absolute atomic E-state index is 11.6. The summed E-state index contributed by atoms with van der Waals surface area (Å²) in [5.74, 6) is 1.18. The van der Waals surface area contributed by atoms with E-state index >= 15 is 0 Å². The monoisotopic (exact) mass is 538 g/mol. The zero-order valence-electron chi connectivity index (χ0n) is 23.1. The van der Waals surface area contributed by atoms with Gasteiger partial charge in [-0.25, -0.2) is 9.36 Å². The molecular formula is C27H55O6PS. The summed E-state index contributed by atoms with van der Waals surface area (Å²) in [5.41, 5.74) is -1.22. The molecule has 0 fully saturated rings. The number of carbonyl (C=O) groups is 1. The van der Waals surface area contributed by atoms with E-state index in [4.69, 9.17) is 9.26 Å². The molecule has 0 aliphatic rings. The average Bonchev–Trinajstić information content (AvgIpc) is 2.84. The standard InChI is InChI=1S/C27H55O6PS/c1-5-7-9-11-12-13-14-15-17-19-24-35-26(21-18-16-10-8-6-2)25(3)32-22-20-23-33-34(29,30)27(28)31-4/h25-26H,5-24H2,1-4H3,(H,29,30). The molecule has 0 bridgehead atoms. The Morgan fingerprint density at radius 2 is 1.31 bits per heavy atom. The largest absolute Gasteiger partial charge is 0.460 e. The molecule has 0 aromatic rings. The van der Waals surface area contributed by atoms with Gasteiger partial charge in [-0.1, -0.05) is 104 Å². The van der Waals surface area contributed by atoms with Crippen LogP contribution in [0.2, 0.25) is 0 Å². The van der Waals surface area contributed by atoms with Gasteiger partial charge in [0.1, 0.15) is 0 Å². The van der Waals surface area contributed by atoms with E-state index in [9.17, 15) is 14.3 Å². The highest BCUT2D eigenvalue weighted by atomic mass is 32.2. The molecule has 3 atom stereocenters. The first-order chi connectivity index (χ1) is 16.9. The number of unbranched alkanes of at least 4 members (excludes halogenated alkanes) is 13. The highest BCUT2D eigenvalue weighted by Gasteiger charge is 2.31. The quantitative estimate of drug-likeness (QED) is 0.0868. The van der Waals surface area contributed by atoms with E-state index < -0.39 is 13.3 Å². The van der Waals surface area contributed by atoms with Crippen molar-refractivity contribution in [3.05, 3.63) is 0 Å². The molecule has 0 aliphatic heterocycles. The van der Waals surface area contributed by atoms with Crippen LogP contribution in [0.15, 0.2) is 0 Å². The third-order valence-corrected chi connectivity index (χ3v) is 9.03. The highest BCUT2D eigenvalue weighted by Crippen LogP contribution is 2.43. The fourth-order valence-corrected chi connectivity index (χ4v) is 6.09. The van der Waals surface area contributed by atoms with Gasteiger partial charge < -0.3 is 18.9 Å². The maximum Gasteiger partial charge on any atom is 0.435 e. The van der Waals surface area contributed by atoms with Gasteiger partial charge in [-0.2, -0.15) is 11.8 Å². The lowest BCUT2D eigenvalue weighted by Crippen LogP contribution is -2.25. The normalized spacial score (nSPS) is 15.0. The van der Waals surface area contributed by atoms with Crippen molar-refractivity contribution >= 4 is 25.1 Å². The van der Waals surface area contributed by atoms with Crippen molar-refractivity contribution in [3.8, 4) is 0 Å². The Hall–Kier alpha value is -0.0700. The van der Waals surface area contributed by atoms with Crippen LogP contribution in [0.4, 0.5) is 4.79 Å². The van der Waals surface area contributed by atoms with Crippen LogP contribution in [0, 0.1) is 0 Å². The van der Waals surface area contributed by atoms with Crippen molar-refractivity contribution in [3.63, 3.8) is 0 Å². The summed E-state index contributed by atoms with van der Waals surface area (Å²) in [5, 5.41) is 0.468. The minimum absolute atomic E-state index is 0.0109. The lowest BCUT2D eigenvalue weighted by atomic mass is 10.1. The summed E-state index contributed by atoms with van der Waals surface area (Å²) in [6.07, 6.45) is 21.7. The number of thioether (sulfide) groups is 1. The van der Waals surface area contributed by atoms with E-state index in [1.165, 1.54) is 102 Å². The first kappa shape index (κ1) is 34.9. The fraction of sp³-hybridized carbons (Fsp3) is 0.963. The average molecular weight is 539 g/mol. The Kier molecular flexibility index (Phi) is 24.2. The predicted octanol–water partition coefficient (Wildman–Crippen LogP) is 9.13. The Bertz CT molecular complexity index is 534. The predicted molar refractivity (Wildman–Crippen MR) is 150 cm³/mol. The van der Waals surface area contributed by atoms with Crippen LogP contribution in [0.1, 0.15) is 130 Å². The van der Waals surface area contributed by atoms with Crippen molar-refractivity contribution in [1.29, 1.82) is 0 Å². The smallest absolute Gasteiger partial charge is 0.435 e. The third kappa shape index (κ3) is 20.6. The zero-order valence-corrected chi connectivity index (χ0v) is 24.9. The molecule has 6 nitrogen and oxygen atoms in total. The topological polar surface area (TPSA) is 82.1 Å². The van der Waals surface area contributed by atoms with Crippen LogP contribution in [-0.4, -0.2) is 48.0 Å². The first-order valence-corrected chi connectivity index (χ1v) is 16.8. The molecule has 0 rings (SSSR count). The molecular weight excluding hydrogens is 483 g/mol. The Morgan fingerprint density at radius 3 is 1.86 bits per heavy atom. The van der Waals surface area contributed by atoms with Gasteiger partial charge >= 0.3 is 13.3 Å². The summed E-state index contributed by atoms with van der Waals surface area (Å²) < 4.78 is 26.8. The molecule has 0 saturated carbocycles. The number of methoxy groups -OCH3 is 1. The van der Waals surface area contributed by atoms with Gasteiger partial charge in [-0.15, -0.1) is 0 Å². The fourth-order valence-electron chi connectivity index (χ4n) is 4.02. The number of carbonyl (C=O) groups excluding carboxylic acids is 1. The molecule has 0 aliphatic carbocycles. The zero-order chi connectivity index (χ0) is 26.2. The molecule has 0 heterocycles. The highest BCUT2D eigenvalue weighted by molar-refractivity contribution is 7.99. The van der Waals surface area contributed by atoms with Crippen molar-refractivity contribution in [2.24, 2.45) is 0 Å². The van der Waals surface area contributed by atoms with Gasteiger partial charge in [0.25, 0.3) is 0 Å². The molecule has 0 spiro atoms. The Labute approximate surface area is 220 Å². The number of ether oxygens (including phenoxy) is 2. The van der Waals surface area contributed by atoms with Gasteiger partial charge in [0.15, 0.2) is 0 Å². The van der Waals surface area contributed by atoms with Crippen molar-refractivity contribution in [2.45, 2.75) is 141 Å².